The summed E-state index contributed by atoms with van der Waals surface area (Å²) < 4.78 is 0. The van der Waals surface area contributed by atoms with Crippen molar-refractivity contribution in [1.82, 2.24) is 0 Å². The van der Waals surface area contributed by atoms with Gasteiger partial charge in [0.2, 0.25) is 0 Å². The van der Waals surface area contributed by atoms with E-state index in [0.717, 1.165) is 12.0 Å². The lowest BCUT2D eigenvalue weighted by Crippen LogP contribution is -2.19. The molecule has 0 amide bonds. The summed E-state index contributed by atoms with van der Waals surface area (Å²) in [6.45, 7) is 4.12. The van der Waals surface area contributed by atoms with E-state index in [9.17, 15) is 5.11 Å². The van der Waals surface area contributed by atoms with E-state index in [1.54, 1.807) is 0 Å². The molecule has 1 heteroatoms. The summed E-state index contributed by atoms with van der Waals surface area (Å²) in [5.74, 6) is 0. The van der Waals surface area contributed by atoms with Gasteiger partial charge in [-0.1, -0.05) is 75.1 Å². The minimum Gasteiger partial charge on any atom is -0.385 e. The molecule has 1 nitrogen and oxygen atoms in total. The van der Waals surface area contributed by atoms with Gasteiger partial charge >= 0.3 is 0 Å². The van der Waals surface area contributed by atoms with Gasteiger partial charge in [-0.05, 0) is 31.7 Å². The molecule has 19 heavy (non-hydrogen) atoms. The van der Waals surface area contributed by atoms with E-state index < -0.39 is 5.60 Å². The third-order valence-corrected chi connectivity index (χ3v) is 3.55. The summed E-state index contributed by atoms with van der Waals surface area (Å²) in [5.41, 5.74) is 0.238. The first-order valence-electron chi connectivity index (χ1n) is 7.59. The molecular formula is C18H28O. The Morgan fingerprint density at radius 1 is 1.00 bits per heavy atom. The zero-order valence-corrected chi connectivity index (χ0v) is 12.4. The van der Waals surface area contributed by atoms with Gasteiger partial charge in [0.1, 0.15) is 0 Å². The number of benzene rings is 1. The highest BCUT2D eigenvalue weighted by Gasteiger charge is 2.20. The fourth-order valence-corrected chi connectivity index (χ4v) is 2.21. The number of hydrogen-bond donors (Lipinski definition) is 1. The second-order valence-electron chi connectivity index (χ2n) is 5.52. The molecule has 0 aliphatic carbocycles. The smallest absolute Gasteiger partial charge is 0.0902 e. The second kappa shape index (κ2) is 8.92. The van der Waals surface area contributed by atoms with Crippen LogP contribution < -0.4 is 0 Å². The molecule has 0 saturated heterocycles. The van der Waals surface area contributed by atoms with Gasteiger partial charge in [-0.3, -0.25) is 0 Å². The maximum atomic E-state index is 10.4. The topological polar surface area (TPSA) is 20.2 Å². The minimum absolute atomic E-state index is 0.686. The second-order valence-corrected chi connectivity index (χ2v) is 5.52. The van der Waals surface area contributed by atoms with Crippen LogP contribution in [0.25, 0.3) is 0 Å². The molecular weight excluding hydrogens is 232 g/mol. The number of unbranched alkanes of at least 4 members (excludes halogenated alkanes) is 5. The Morgan fingerprint density at radius 2 is 1.68 bits per heavy atom. The lowest BCUT2D eigenvalue weighted by molar-refractivity contribution is 0.0605. The first kappa shape index (κ1) is 16.0. The number of hydrogen-bond acceptors (Lipinski definition) is 1. The molecule has 1 unspecified atom stereocenters. The summed E-state index contributed by atoms with van der Waals surface area (Å²) >= 11 is 0. The van der Waals surface area contributed by atoms with Gasteiger partial charge < -0.3 is 5.11 Å². The Kier molecular flexibility index (Phi) is 7.50. The third-order valence-electron chi connectivity index (χ3n) is 3.55. The van der Waals surface area contributed by atoms with E-state index >= 15 is 0 Å². The first-order chi connectivity index (χ1) is 9.17. The molecule has 1 atom stereocenters. The van der Waals surface area contributed by atoms with Gasteiger partial charge in [-0.15, -0.1) is 0 Å². The van der Waals surface area contributed by atoms with Gasteiger partial charge in [0.15, 0.2) is 0 Å². The predicted octanol–water partition coefficient (Wildman–Crippen LogP) is 5.20. The summed E-state index contributed by atoms with van der Waals surface area (Å²) in [6, 6.07) is 9.89. The van der Waals surface area contributed by atoms with Gasteiger partial charge in [0.05, 0.1) is 5.60 Å². The molecule has 0 fully saturated rings. The highest BCUT2D eigenvalue weighted by molar-refractivity contribution is 5.22. The van der Waals surface area contributed by atoms with Crippen molar-refractivity contribution in [2.45, 2.75) is 64.4 Å². The minimum atomic E-state index is -0.750. The van der Waals surface area contributed by atoms with E-state index in [0.29, 0.717) is 6.42 Å². The third kappa shape index (κ3) is 6.58. The van der Waals surface area contributed by atoms with Crippen LogP contribution in [0, 0.1) is 0 Å². The van der Waals surface area contributed by atoms with Gasteiger partial charge in [-0.25, -0.2) is 0 Å². The number of rotatable bonds is 9. The summed E-state index contributed by atoms with van der Waals surface area (Å²) in [7, 11) is 0. The summed E-state index contributed by atoms with van der Waals surface area (Å²) in [5, 5.41) is 10.4. The van der Waals surface area contributed by atoms with E-state index in [4.69, 9.17) is 0 Å². The van der Waals surface area contributed by atoms with Crippen molar-refractivity contribution < 1.29 is 5.11 Å². The summed E-state index contributed by atoms with van der Waals surface area (Å²) in [6.07, 6.45) is 12.8. The monoisotopic (exact) mass is 260 g/mol. The molecule has 1 N–H and O–H groups in total. The number of aliphatic hydroxyl groups is 1. The van der Waals surface area contributed by atoms with Crippen LogP contribution in [0.2, 0.25) is 0 Å². The van der Waals surface area contributed by atoms with Crippen LogP contribution >= 0.6 is 0 Å². The average Bonchev–Trinajstić information content (AvgIpc) is 2.43. The highest BCUT2D eigenvalue weighted by Crippen LogP contribution is 2.24. The van der Waals surface area contributed by atoms with E-state index in [2.05, 4.69) is 19.1 Å². The predicted molar refractivity (Wildman–Crippen MR) is 83.1 cm³/mol. The van der Waals surface area contributed by atoms with Crippen LogP contribution in [0.15, 0.2) is 42.5 Å². The summed E-state index contributed by atoms with van der Waals surface area (Å²) in [4.78, 5) is 0. The fourth-order valence-electron chi connectivity index (χ4n) is 2.21. The quantitative estimate of drug-likeness (QED) is 0.478. The molecule has 0 saturated carbocycles. The molecule has 0 aromatic heterocycles. The van der Waals surface area contributed by atoms with E-state index in [-0.39, 0.29) is 0 Å². The number of allylic oxidation sites excluding steroid dienone is 1. The van der Waals surface area contributed by atoms with Crippen LogP contribution in [0.5, 0.6) is 0 Å². The molecule has 1 rings (SSSR count). The lowest BCUT2D eigenvalue weighted by Gasteiger charge is -2.22. The zero-order valence-electron chi connectivity index (χ0n) is 12.4. The van der Waals surface area contributed by atoms with E-state index in [1.165, 1.54) is 32.1 Å². The first-order valence-corrected chi connectivity index (χ1v) is 7.59. The van der Waals surface area contributed by atoms with Crippen LogP contribution in [0.1, 0.15) is 64.4 Å². The molecule has 0 radical (unpaired) electrons. The van der Waals surface area contributed by atoms with Crippen molar-refractivity contribution in [3.8, 4) is 0 Å². The van der Waals surface area contributed by atoms with Gasteiger partial charge in [0, 0.05) is 0 Å². The Labute approximate surface area is 118 Å². The maximum Gasteiger partial charge on any atom is 0.0902 e. The Balaban J connectivity index is 2.24. The highest BCUT2D eigenvalue weighted by atomic mass is 16.3. The van der Waals surface area contributed by atoms with E-state index in [1.807, 2.05) is 37.3 Å². The van der Waals surface area contributed by atoms with Crippen molar-refractivity contribution in [1.29, 1.82) is 0 Å². The molecule has 0 heterocycles. The Morgan fingerprint density at radius 3 is 2.37 bits per heavy atom. The largest absolute Gasteiger partial charge is 0.385 e. The maximum absolute atomic E-state index is 10.4. The lowest BCUT2D eigenvalue weighted by atomic mass is 9.92. The van der Waals surface area contributed by atoms with Crippen LogP contribution in [0.4, 0.5) is 0 Å². The van der Waals surface area contributed by atoms with Crippen LogP contribution in [-0.4, -0.2) is 5.11 Å². The molecule has 1 aromatic rings. The Hall–Kier alpha value is -1.08. The molecule has 106 valence electrons. The molecule has 0 bridgehead atoms. The average molecular weight is 260 g/mol. The van der Waals surface area contributed by atoms with Crippen LogP contribution in [-0.2, 0) is 5.60 Å². The van der Waals surface area contributed by atoms with Crippen LogP contribution in [0.3, 0.4) is 0 Å². The molecule has 0 spiro atoms. The molecule has 0 aliphatic heterocycles. The van der Waals surface area contributed by atoms with Crippen molar-refractivity contribution in [2.24, 2.45) is 0 Å². The standard InChI is InChI=1S/C18H28O/c1-3-4-5-6-7-8-9-13-16-18(2,19)17-14-11-10-12-15-17/h9-15,19H,3-8,16H2,1-2H3/b13-9+. The van der Waals surface area contributed by atoms with Gasteiger partial charge in [-0.2, -0.15) is 0 Å². The van der Waals surface area contributed by atoms with Crippen molar-refractivity contribution in [2.75, 3.05) is 0 Å². The van der Waals surface area contributed by atoms with Crippen molar-refractivity contribution in [3.05, 3.63) is 48.0 Å². The van der Waals surface area contributed by atoms with Gasteiger partial charge in [0.25, 0.3) is 0 Å². The normalized spacial score (nSPS) is 14.7. The zero-order chi connectivity index (χ0) is 14.0. The van der Waals surface area contributed by atoms with Crippen molar-refractivity contribution >= 4 is 0 Å². The Bertz CT molecular complexity index is 351. The van der Waals surface area contributed by atoms with Crippen molar-refractivity contribution in [3.63, 3.8) is 0 Å². The fraction of sp³-hybridized carbons (Fsp3) is 0.556. The molecule has 0 aliphatic rings. The molecule has 1 aromatic carbocycles. The SMILES string of the molecule is CCCCCCC/C=C/CC(C)(O)c1ccccc1.